The standard InChI is InChI=1S/C30H32N2O6/c1-3-5-15-37-21-11-7-19(8-12-21)31-23-17-25(33)28-27(29(23)35)26(34)18-24(30(28)36)32-20-9-13-22(14-10-20)38-16-6-4-2/h7-14,17-18,31-33,35H,3-6,15-16H2,1-2H3. The molecule has 0 aliphatic heterocycles. The lowest BCUT2D eigenvalue weighted by Crippen LogP contribution is -2.22. The Labute approximate surface area is 221 Å². The van der Waals surface area contributed by atoms with Crippen LogP contribution in [0, 0.1) is 0 Å². The Morgan fingerprint density at radius 2 is 1.26 bits per heavy atom. The third-order valence-electron chi connectivity index (χ3n) is 6.07. The number of fused-ring (bicyclic) bond motifs is 1. The molecule has 0 fully saturated rings. The maximum atomic E-state index is 13.2. The number of Topliss-reactive ketones (excluding diaryl/α,β-unsaturated/α-hetero) is 1. The number of hydrogen-bond donors (Lipinski definition) is 4. The minimum Gasteiger partial charge on any atom is -0.507 e. The second-order valence-electron chi connectivity index (χ2n) is 9.00. The van der Waals surface area contributed by atoms with Crippen molar-refractivity contribution in [3.05, 3.63) is 77.5 Å². The van der Waals surface area contributed by atoms with E-state index in [0.29, 0.717) is 36.1 Å². The van der Waals surface area contributed by atoms with Crippen LogP contribution in [0.1, 0.15) is 60.2 Å². The van der Waals surface area contributed by atoms with E-state index in [0.717, 1.165) is 31.8 Å². The van der Waals surface area contributed by atoms with E-state index in [-0.39, 0.29) is 22.5 Å². The van der Waals surface area contributed by atoms with Crippen molar-refractivity contribution < 1.29 is 29.3 Å². The molecule has 0 radical (unpaired) electrons. The lowest BCUT2D eigenvalue weighted by Gasteiger charge is -2.21. The number of carbonyl (C=O) groups excluding carboxylic acids is 2. The van der Waals surface area contributed by atoms with Crippen molar-refractivity contribution in [3.8, 4) is 23.0 Å². The largest absolute Gasteiger partial charge is 0.507 e. The molecule has 3 aromatic carbocycles. The van der Waals surface area contributed by atoms with Gasteiger partial charge in [0.2, 0.25) is 5.78 Å². The summed E-state index contributed by atoms with van der Waals surface area (Å²) in [5, 5.41) is 27.5. The second-order valence-corrected chi connectivity index (χ2v) is 9.00. The predicted molar refractivity (Wildman–Crippen MR) is 147 cm³/mol. The molecule has 0 atom stereocenters. The van der Waals surface area contributed by atoms with Crippen molar-refractivity contribution in [2.24, 2.45) is 0 Å². The first-order chi connectivity index (χ1) is 18.4. The molecule has 8 nitrogen and oxygen atoms in total. The van der Waals surface area contributed by atoms with Gasteiger partial charge in [0.15, 0.2) is 11.5 Å². The van der Waals surface area contributed by atoms with Gasteiger partial charge in [-0.15, -0.1) is 0 Å². The number of hydrogen-bond acceptors (Lipinski definition) is 8. The molecule has 0 aromatic heterocycles. The zero-order valence-electron chi connectivity index (χ0n) is 21.5. The molecule has 0 heterocycles. The van der Waals surface area contributed by atoms with E-state index in [2.05, 4.69) is 24.5 Å². The van der Waals surface area contributed by atoms with Crippen LogP contribution in [-0.4, -0.2) is 35.0 Å². The molecule has 1 aliphatic rings. The van der Waals surface area contributed by atoms with Crippen LogP contribution in [0.4, 0.5) is 17.1 Å². The Morgan fingerprint density at radius 3 is 1.79 bits per heavy atom. The Hall–Kier alpha value is -4.46. The van der Waals surface area contributed by atoms with Crippen molar-refractivity contribution in [3.63, 3.8) is 0 Å². The maximum absolute atomic E-state index is 13.2. The van der Waals surface area contributed by atoms with Gasteiger partial charge in [-0.3, -0.25) is 9.59 Å². The van der Waals surface area contributed by atoms with Crippen LogP contribution in [-0.2, 0) is 0 Å². The van der Waals surface area contributed by atoms with Crippen LogP contribution >= 0.6 is 0 Å². The third kappa shape index (κ3) is 6.08. The van der Waals surface area contributed by atoms with Gasteiger partial charge in [0, 0.05) is 23.5 Å². The molecule has 0 saturated heterocycles. The Bertz CT molecular complexity index is 1330. The Balaban J connectivity index is 1.50. The van der Waals surface area contributed by atoms with Gasteiger partial charge in [-0.2, -0.15) is 0 Å². The Kier molecular flexibility index (Phi) is 8.53. The van der Waals surface area contributed by atoms with Gasteiger partial charge in [0.1, 0.15) is 17.2 Å². The van der Waals surface area contributed by atoms with E-state index in [1.165, 1.54) is 6.07 Å². The molecule has 0 amide bonds. The zero-order valence-corrected chi connectivity index (χ0v) is 21.5. The number of benzene rings is 3. The van der Waals surface area contributed by atoms with Gasteiger partial charge in [-0.05, 0) is 61.4 Å². The van der Waals surface area contributed by atoms with Crippen molar-refractivity contribution in [1.82, 2.24) is 0 Å². The summed E-state index contributed by atoms with van der Waals surface area (Å²) >= 11 is 0. The molecule has 0 bridgehead atoms. The average molecular weight is 517 g/mol. The van der Waals surface area contributed by atoms with E-state index in [1.807, 2.05) is 0 Å². The van der Waals surface area contributed by atoms with Crippen LogP contribution in [0.5, 0.6) is 23.0 Å². The van der Waals surface area contributed by atoms with Gasteiger partial charge >= 0.3 is 0 Å². The highest BCUT2D eigenvalue weighted by atomic mass is 16.5. The first kappa shape index (κ1) is 26.6. The fourth-order valence-corrected chi connectivity index (χ4v) is 3.97. The van der Waals surface area contributed by atoms with Crippen LogP contribution in [0.2, 0.25) is 0 Å². The molecule has 3 aromatic rings. The van der Waals surface area contributed by atoms with E-state index in [1.54, 1.807) is 48.5 Å². The van der Waals surface area contributed by atoms with E-state index in [9.17, 15) is 19.8 Å². The first-order valence-corrected chi connectivity index (χ1v) is 12.8. The van der Waals surface area contributed by atoms with Crippen molar-refractivity contribution in [2.75, 3.05) is 23.8 Å². The van der Waals surface area contributed by atoms with E-state index >= 15 is 0 Å². The molecule has 4 N–H and O–H groups in total. The summed E-state index contributed by atoms with van der Waals surface area (Å²) in [6.07, 6.45) is 5.11. The van der Waals surface area contributed by atoms with Crippen molar-refractivity contribution >= 4 is 28.6 Å². The number of aromatic hydroxyl groups is 2. The molecule has 0 spiro atoms. The SMILES string of the molecule is CCCCOc1ccc(NC2=CC(=O)c3c(O)c(Nc4ccc(OCCCC)cc4)cc(O)c3C2=O)cc1. The topological polar surface area (TPSA) is 117 Å². The Morgan fingerprint density at radius 1 is 0.737 bits per heavy atom. The van der Waals surface area contributed by atoms with Crippen molar-refractivity contribution in [2.45, 2.75) is 39.5 Å². The number of allylic oxidation sites excluding steroid dienone is 2. The predicted octanol–water partition coefficient (Wildman–Crippen LogP) is 6.57. The van der Waals surface area contributed by atoms with Crippen LogP contribution in [0.25, 0.3) is 0 Å². The minimum atomic E-state index is -0.601. The van der Waals surface area contributed by atoms with Gasteiger partial charge < -0.3 is 30.3 Å². The van der Waals surface area contributed by atoms with Gasteiger partial charge in [0.25, 0.3) is 0 Å². The first-order valence-electron chi connectivity index (χ1n) is 12.8. The summed E-state index contributed by atoms with van der Waals surface area (Å²) in [6.45, 7) is 5.42. The van der Waals surface area contributed by atoms with Gasteiger partial charge in [-0.1, -0.05) is 26.7 Å². The molecular formula is C30H32N2O6. The fraction of sp³-hybridized carbons (Fsp3) is 0.267. The van der Waals surface area contributed by atoms with Crippen LogP contribution in [0.3, 0.4) is 0 Å². The van der Waals surface area contributed by atoms with Crippen LogP contribution in [0.15, 0.2) is 66.4 Å². The summed E-state index contributed by atoms with van der Waals surface area (Å²) in [5.74, 6) is -0.608. The summed E-state index contributed by atoms with van der Waals surface area (Å²) in [6, 6.07) is 15.3. The van der Waals surface area contributed by atoms with Crippen molar-refractivity contribution in [1.29, 1.82) is 0 Å². The van der Waals surface area contributed by atoms with Crippen LogP contribution < -0.4 is 20.1 Å². The van der Waals surface area contributed by atoms with E-state index in [4.69, 9.17) is 9.47 Å². The number of ketones is 2. The second kappa shape index (κ2) is 12.2. The number of phenols is 2. The monoisotopic (exact) mass is 516 g/mol. The number of carbonyl (C=O) groups is 2. The third-order valence-corrected chi connectivity index (χ3v) is 6.07. The molecule has 8 heteroatoms. The summed E-state index contributed by atoms with van der Waals surface area (Å²) in [7, 11) is 0. The summed E-state index contributed by atoms with van der Waals surface area (Å²) in [4.78, 5) is 26.2. The average Bonchev–Trinajstić information content (AvgIpc) is 2.91. The number of unbranched alkanes of at least 4 members (excludes halogenated alkanes) is 2. The number of anilines is 3. The van der Waals surface area contributed by atoms with Gasteiger partial charge in [-0.25, -0.2) is 0 Å². The zero-order chi connectivity index (χ0) is 27.1. The number of rotatable bonds is 12. The summed E-state index contributed by atoms with van der Waals surface area (Å²) < 4.78 is 11.3. The molecule has 1 aliphatic carbocycles. The highest BCUT2D eigenvalue weighted by molar-refractivity contribution is 6.28. The molecule has 4 rings (SSSR count). The highest BCUT2D eigenvalue weighted by Crippen LogP contribution is 2.41. The minimum absolute atomic E-state index is 0.00350. The molecule has 0 unspecified atom stereocenters. The fourth-order valence-electron chi connectivity index (χ4n) is 3.97. The molecule has 198 valence electrons. The lowest BCUT2D eigenvalue weighted by molar-refractivity contribution is 0.0980. The van der Waals surface area contributed by atoms with E-state index < -0.39 is 23.1 Å². The smallest absolute Gasteiger partial charge is 0.213 e. The maximum Gasteiger partial charge on any atom is 0.213 e. The highest BCUT2D eigenvalue weighted by Gasteiger charge is 2.33. The number of phenolic OH excluding ortho intramolecular Hbond substituents is 2. The molecule has 38 heavy (non-hydrogen) atoms. The quantitative estimate of drug-likeness (QED) is 0.121. The normalized spacial score (nSPS) is 12.5. The lowest BCUT2D eigenvalue weighted by atomic mass is 9.90. The molecule has 0 saturated carbocycles. The molecular weight excluding hydrogens is 484 g/mol. The summed E-state index contributed by atoms with van der Waals surface area (Å²) in [5.41, 5.74) is 0.788. The number of nitrogens with one attached hydrogen (secondary N) is 2. The number of ether oxygens (including phenoxy) is 2. The van der Waals surface area contributed by atoms with Gasteiger partial charge in [0.05, 0.1) is 35.7 Å².